The van der Waals surface area contributed by atoms with Crippen molar-refractivity contribution in [2.75, 3.05) is 46.8 Å². The first-order valence-corrected chi connectivity index (χ1v) is 11.9. The van der Waals surface area contributed by atoms with Crippen molar-refractivity contribution >= 4 is 35.8 Å². The van der Waals surface area contributed by atoms with Gasteiger partial charge in [-0.3, -0.25) is 28.8 Å². The van der Waals surface area contributed by atoms with E-state index in [0.717, 1.165) is 7.11 Å². The highest BCUT2D eigenvalue weighted by atomic mass is 16.5. The zero-order chi connectivity index (χ0) is 31.9. The number of aliphatic hydroxyl groups excluding tert-OH is 1. The second kappa shape index (κ2) is 50.6. The van der Waals surface area contributed by atoms with Crippen molar-refractivity contribution in [2.24, 2.45) is 0 Å². The summed E-state index contributed by atoms with van der Waals surface area (Å²) in [5.74, 6) is -1.26. The van der Waals surface area contributed by atoms with Crippen molar-refractivity contribution in [3.63, 3.8) is 0 Å². The molecular weight excluding hydrogens is 508 g/mol. The molecule has 0 unspecified atom stereocenters. The Labute approximate surface area is 228 Å². The minimum absolute atomic E-state index is 0.211. The first-order chi connectivity index (χ1) is 17.6. The topological polar surface area (TPSA) is 178 Å². The van der Waals surface area contributed by atoms with Crippen molar-refractivity contribution in [3.8, 4) is 0 Å². The monoisotopic (exact) mass is 560 g/mol. The van der Waals surface area contributed by atoms with Crippen LogP contribution in [-0.4, -0.2) is 87.7 Å². The Hall–Kier alpha value is -3.22. The first kappa shape index (κ1) is 51.4. The quantitative estimate of drug-likeness (QED) is 0.370. The standard InChI is InChI=1S/6C4H8O2.CH4O/c6*1-3-6-4(2)5;1-2/h6*3H2,1-2H3;2H,1H3. The van der Waals surface area contributed by atoms with Gasteiger partial charge in [-0.05, 0) is 41.5 Å². The molecule has 1 N–H and O–H groups in total. The maximum Gasteiger partial charge on any atom is 0.302 e. The van der Waals surface area contributed by atoms with Crippen molar-refractivity contribution in [3.05, 3.63) is 0 Å². The van der Waals surface area contributed by atoms with E-state index in [-0.39, 0.29) is 35.8 Å². The van der Waals surface area contributed by atoms with Crippen LogP contribution in [0, 0.1) is 0 Å². The summed E-state index contributed by atoms with van der Waals surface area (Å²) < 4.78 is 26.4. The van der Waals surface area contributed by atoms with Gasteiger partial charge in [0, 0.05) is 48.7 Å². The average Bonchev–Trinajstić information content (AvgIpc) is 2.77. The number of esters is 6. The third-order valence-corrected chi connectivity index (χ3v) is 2.09. The molecule has 13 nitrogen and oxygen atoms in total. The molecule has 0 radical (unpaired) electrons. The number of carbonyl (C=O) groups is 6. The first-order valence-electron chi connectivity index (χ1n) is 11.9. The molecule has 0 aliphatic heterocycles. The molecule has 0 aromatic carbocycles. The van der Waals surface area contributed by atoms with E-state index in [9.17, 15) is 28.8 Å². The highest BCUT2D eigenvalue weighted by Gasteiger charge is 1.84. The Kier molecular flexibility index (Phi) is 68.5. The molecule has 38 heavy (non-hydrogen) atoms. The maximum atomic E-state index is 9.82. The lowest BCUT2D eigenvalue weighted by Gasteiger charge is -1.89. The minimum Gasteiger partial charge on any atom is -0.466 e. The predicted octanol–water partition coefficient (Wildman–Crippen LogP) is 3.02. The Balaban J connectivity index is -0.0000000598. The third-order valence-electron chi connectivity index (χ3n) is 2.09. The Morgan fingerprint density at radius 1 is 0.342 bits per heavy atom. The molecule has 0 aliphatic rings. The SMILES string of the molecule is CCOC(C)=O.CCOC(C)=O.CCOC(C)=O.CCOC(C)=O.CCOC(C)=O.CCOC(C)=O.CO. The van der Waals surface area contributed by atoms with Crippen molar-refractivity contribution in [1.82, 2.24) is 0 Å². The van der Waals surface area contributed by atoms with Gasteiger partial charge in [-0.15, -0.1) is 0 Å². The van der Waals surface area contributed by atoms with Gasteiger partial charge in [0.05, 0.1) is 39.6 Å². The van der Waals surface area contributed by atoms with Crippen LogP contribution in [0.4, 0.5) is 0 Å². The normalized spacial score (nSPS) is 7.42. The summed E-state index contributed by atoms with van der Waals surface area (Å²) in [6.45, 7) is 21.9. The average molecular weight is 561 g/mol. The molecule has 0 amide bonds. The molecule has 0 saturated heterocycles. The lowest BCUT2D eigenvalue weighted by molar-refractivity contribution is -0.141. The third kappa shape index (κ3) is 152. The Bertz CT molecular complexity index is 423. The summed E-state index contributed by atoms with van der Waals surface area (Å²) in [6, 6.07) is 0. The van der Waals surface area contributed by atoms with Gasteiger partial charge in [-0.2, -0.15) is 0 Å². The number of hydrogen-bond donors (Lipinski definition) is 1. The maximum absolute atomic E-state index is 9.82. The molecule has 0 atom stereocenters. The van der Waals surface area contributed by atoms with Gasteiger partial charge < -0.3 is 33.5 Å². The largest absolute Gasteiger partial charge is 0.466 e. The second-order valence-corrected chi connectivity index (χ2v) is 5.55. The molecule has 0 bridgehead atoms. The number of rotatable bonds is 6. The summed E-state index contributed by atoms with van der Waals surface area (Å²) >= 11 is 0. The van der Waals surface area contributed by atoms with Crippen molar-refractivity contribution in [1.29, 1.82) is 0 Å². The lowest BCUT2D eigenvalue weighted by Crippen LogP contribution is -1.95. The molecule has 0 heterocycles. The molecule has 13 heteroatoms. The Morgan fingerprint density at radius 3 is 0.421 bits per heavy atom. The van der Waals surface area contributed by atoms with Crippen LogP contribution in [0.3, 0.4) is 0 Å². The number of carbonyl (C=O) groups excluding carboxylic acids is 6. The molecule has 0 aromatic rings. The van der Waals surface area contributed by atoms with Crippen LogP contribution in [0.25, 0.3) is 0 Å². The van der Waals surface area contributed by atoms with E-state index in [1.54, 1.807) is 41.5 Å². The molecule has 0 saturated carbocycles. The van der Waals surface area contributed by atoms with E-state index in [4.69, 9.17) is 5.11 Å². The minimum atomic E-state index is -0.211. The predicted molar refractivity (Wildman–Crippen MR) is 142 cm³/mol. The number of aliphatic hydroxyl groups is 1. The van der Waals surface area contributed by atoms with E-state index in [2.05, 4.69) is 28.4 Å². The van der Waals surface area contributed by atoms with Crippen LogP contribution >= 0.6 is 0 Å². The van der Waals surface area contributed by atoms with Crippen molar-refractivity contribution < 1.29 is 62.3 Å². The number of ether oxygens (including phenoxy) is 6. The molecule has 230 valence electrons. The van der Waals surface area contributed by atoms with E-state index in [1.807, 2.05) is 0 Å². The van der Waals surface area contributed by atoms with Gasteiger partial charge in [-0.1, -0.05) is 0 Å². The summed E-state index contributed by atoms with van der Waals surface area (Å²) in [5.41, 5.74) is 0. The molecule has 0 spiro atoms. The summed E-state index contributed by atoms with van der Waals surface area (Å²) in [7, 11) is 1.00. The van der Waals surface area contributed by atoms with Gasteiger partial charge in [0.2, 0.25) is 0 Å². The number of hydrogen-bond acceptors (Lipinski definition) is 13. The van der Waals surface area contributed by atoms with Crippen LogP contribution in [-0.2, 0) is 57.2 Å². The Morgan fingerprint density at radius 2 is 0.421 bits per heavy atom. The van der Waals surface area contributed by atoms with Crippen LogP contribution in [0.15, 0.2) is 0 Å². The zero-order valence-electron chi connectivity index (χ0n) is 25.6. The van der Waals surface area contributed by atoms with Crippen LogP contribution < -0.4 is 0 Å². The molecule has 0 rings (SSSR count). The van der Waals surface area contributed by atoms with E-state index in [1.165, 1.54) is 41.5 Å². The van der Waals surface area contributed by atoms with Gasteiger partial charge >= 0.3 is 35.8 Å². The highest BCUT2D eigenvalue weighted by Crippen LogP contribution is 1.72. The summed E-state index contributed by atoms with van der Waals surface area (Å²) in [4.78, 5) is 58.9. The van der Waals surface area contributed by atoms with Gasteiger partial charge in [0.15, 0.2) is 0 Å². The molecule has 0 aliphatic carbocycles. The lowest BCUT2D eigenvalue weighted by atomic mass is 10.8. The fraction of sp³-hybridized carbons (Fsp3) is 0.760. The summed E-state index contributed by atoms with van der Waals surface area (Å²) in [6.07, 6.45) is 0. The van der Waals surface area contributed by atoms with E-state index >= 15 is 0 Å². The van der Waals surface area contributed by atoms with Crippen molar-refractivity contribution in [2.45, 2.75) is 83.1 Å². The van der Waals surface area contributed by atoms with Gasteiger partial charge in [0.1, 0.15) is 0 Å². The van der Waals surface area contributed by atoms with Gasteiger partial charge in [0.25, 0.3) is 0 Å². The molecular formula is C25H52O13. The highest BCUT2D eigenvalue weighted by molar-refractivity contribution is 5.67. The fourth-order valence-corrected chi connectivity index (χ4v) is 1.22. The van der Waals surface area contributed by atoms with Gasteiger partial charge in [-0.25, -0.2) is 0 Å². The second-order valence-electron chi connectivity index (χ2n) is 5.55. The van der Waals surface area contributed by atoms with E-state index < -0.39 is 0 Å². The molecule has 0 fully saturated rings. The van der Waals surface area contributed by atoms with Crippen LogP contribution in [0.5, 0.6) is 0 Å². The van der Waals surface area contributed by atoms with E-state index in [0.29, 0.717) is 39.6 Å². The fourth-order valence-electron chi connectivity index (χ4n) is 1.22. The van der Waals surface area contributed by atoms with Crippen LogP contribution in [0.1, 0.15) is 83.1 Å². The van der Waals surface area contributed by atoms with Crippen LogP contribution in [0.2, 0.25) is 0 Å². The molecule has 0 aromatic heterocycles. The zero-order valence-corrected chi connectivity index (χ0v) is 25.6. The smallest absolute Gasteiger partial charge is 0.302 e. The summed E-state index contributed by atoms with van der Waals surface area (Å²) in [5, 5.41) is 7.00.